The van der Waals surface area contributed by atoms with Gasteiger partial charge in [-0.15, -0.1) is 20.4 Å². The lowest BCUT2D eigenvalue weighted by Gasteiger charge is -1.90. The van der Waals surface area contributed by atoms with Gasteiger partial charge in [0.1, 0.15) is 0 Å². The molecule has 0 bridgehead atoms. The maximum atomic E-state index is 3.84. The highest BCUT2D eigenvalue weighted by Crippen LogP contribution is 1.99. The molecule has 0 saturated carbocycles. The van der Waals surface area contributed by atoms with E-state index in [1.165, 1.54) is 25.7 Å². The average molecular weight is 280 g/mol. The molecule has 2 aromatic heterocycles. The molecule has 20 heavy (non-hydrogen) atoms. The van der Waals surface area contributed by atoms with Gasteiger partial charge in [0.15, 0.2) is 11.6 Å². The first kappa shape index (κ1) is 16.2. The van der Waals surface area contributed by atoms with E-state index in [2.05, 4.69) is 55.1 Å². The predicted molar refractivity (Wildman–Crippen MR) is 74.8 cm³/mol. The number of rotatable bonds is 8. The maximum absolute atomic E-state index is 3.84. The molecule has 2 rings (SSSR count). The number of tetrazole rings is 2. The molecule has 8 heteroatoms. The Morgan fingerprint density at radius 1 is 0.700 bits per heavy atom. The van der Waals surface area contributed by atoms with E-state index in [0.29, 0.717) is 0 Å². The first-order valence-corrected chi connectivity index (χ1v) is 7.31. The summed E-state index contributed by atoms with van der Waals surface area (Å²) in [5, 5.41) is 27.1. The van der Waals surface area contributed by atoms with Gasteiger partial charge in [-0.3, -0.25) is 0 Å². The number of H-pyrrole nitrogens is 2. The molecular formula is C12H24N8. The van der Waals surface area contributed by atoms with Gasteiger partial charge in [-0.2, -0.15) is 10.4 Å². The zero-order valence-corrected chi connectivity index (χ0v) is 12.3. The molecule has 0 fully saturated rings. The maximum Gasteiger partial charge on any atom is 0.174 e. The van der Waals surface area contributed by atoms with Crippen molar-refractivity contribution >= 4 is 0 Å². The number of aromatic nitrogens is 8. The van der Waals surface area contributed by atoms with E-state index in [4.69, 9.17) is 0 Å². The van der Waals surface area contributed by atoms with Crippen LogP contribution in [0.15, 0.2) is 0 Å². The Kier molecular flexibility index (Phi) is 8.91. The Morgan fingerprint density at radius 3 is 1.45 bits per heavy atom. The average Bonchev–Trinajstić information content (AvgIpc) is 3.13. The number of hydrogen-bond donors (Lipinski definition) is 2. The Morgan fingerprint density at radius 2 is 1.15 bits per heavy atom. The van der Waals surface area contributed by atoms with E-state index in [-0.39, 0.29) is 0 Å². The second-order valence-corrected chi connectivity index (χ2v) is 4.57. The third kappa shape index (κ3) is 7.55. The molecule has 0 radical (unpaired) electrons. The predicted octanol–water partition coefficient (Wildman–Crippen LogP) is 1.86. The van der Waals surface area contributed by atoms with E-state index < -0.39 is 0 Å². The van der Waals surface area contributed by atoms with Gasteiger partial charge in [0.25, 0.3) is 0 Å². The number of aryl methyl sites for hydroxylation is 2. The van der Waals surface area contributed by atoms with Crippen LogP contribution < -0.4 is 0 Å². The van der Waals surface area contributed by atoms with Gasteiger partial charge >= 0.3 is 0 Å². The molecular weight excluding hydrogens is 256 g/mol. The van der Waals surface area contributed by atoms with E-state index in [9.17, 15) is 0 Å². The highest BCUT2D eigenvalue weighted by Gasteiger charge is 1.95. The lowest BCUT2D eigenvalue weighted by molar-refractivity contribution is 0.694. The summed E-state index contributed by atoms with van der Waals surface area (Å²) in [6.45, 7) is 4.35. The highest BCUT2D eigenvalue weighted by molar-refractivity contribution is 4.75. The van der Waals surface area contributed by atoms with Crippen molar-refractivity contribution in [3.05, 3.63) is 11.6 Å². The lowest BCUT2D eigenvalue weighted by Crippen LogP contribution is -1.87. The Hall–Kier alpha value is -1.86. The number of nitrogens with zero attached hydrogens (tertiary/aromatic N) is 6. The Bertz CT molecular complexity index is 357. The summed E-state index contributed by atoms with van der Waals surface area (Å²) in [4.78, 5) is 0. The van der Waals surface area contributed by atoms with Crippen LogP contribution in [0.1, 0.15) is 64.0 Å². The van der Waals surface area contributed by atoms with Gasteiger partial charge in [0.2, 0.25) is 0 Å². The van der Waals surface area contributed by atoms with Crippen LogP contribution in [-0.4, -0.2) is 41.2 Å². The van der Waals surface area contributed by atoms with E-state index in [1.807, 2.05) is 0 Å². The SMILES string of the molecule is CCCCCc1nn[nH]n1.CCCCCc1nn[nH]n1. The van der Waals surface area contributed by atoms with Crippen LogP contribution in [-0.2, 0) is 12.8 Å². The summed E-state index contributed by atoms with van der Waals surface area (Å²) >= 11 is 0. The highest BCUT2D eigenvalue weighted by atomic mass is 15.5. The third-order valence-electron chi connectivity index (χ3n) is 2.79. The van der Waals surface area contributed by atoms with E-state index in [0.717, 1.165) is 37.3 Å². The first-order valence-electron chi connectivity index (χ1n) is 7.31. The molecule has 2 N–H and O–H groups in total. The zero-order valence-electron chi connectivity index (χ0n) is 12.3. The Balaban J connectivity index is 0.000000200. The fraction of sp³-hybridized carbons (Fsp3) is 0.833. The van der Waals surface area contributed by atoms with Gasteiger partial charge in [-0.05, 0) is 12.8 Å². The lowest BCUT2D eigenvalue weighted by atomic mass is 10.2. The fourth-order valence-corrected chi connectivity index (χ4v) is 1.64. The van der Waals surface area contributed by atoms with Crippen LogP contribution in [0.4, 0.5) is 0 Å². The standard InChI is InChI=1S/2C6H12N4/c2*1-2-3-4-5-6-7-9-10-8-6/h2*2-5H2,1H3,(H,7,8,9,10). The number of aromatic amines is 2. The number of hydrogen-bond acceptors (Lipinski definition) is 6. The smallest absolute Gasteiger partial charge is 0.174 e. The van der Waals surface area contributed by atoms with Gasteiger partial charge in [0.05, 0.1) is 0 Å². The van der Waals surface area contributed by atoms with Crippen LogP contribution in [0.25, 0.3) is 0 Å². The first-order chi connectivity index (χ1) is 9.86. The summed E-state index contributed by atoms with van der Waals surface area (Å²) in [6.07, 6.45) is 9.18. The van der Waals surface area contributed by atoms with Gasteiger partial charge in [-0.1, -0.05) is 50.0 Å². The van der Waals surface area contributed by atoms with Crippen molar-refractivity contribution in [2.45, 2.75) is 65.2 Å². The quantitative estimate of drug-likeness (QED) is 0.714. The topological polar surface area (TPSA) is 109 Å². The number of unbranched alkanes of at least 4 members (excludes halogenated alkanes) is 4. The summed E-state index contributed by atoms with van der Waals surface area (Å²) in [5.41, 5.74) is 0. The molecule has 0 aliphatic heterocycles. The summed E-state index contributed by atoms with van der Waals surface area (Å²) < 4.78 is 0. The van der Waals surface area contributed by atoms with Crippen LogP contribution >= 0.6 is 0 Å². The van der Waals surface area contributed by atoms with Gasteiger partial charge in [-0.25, -0.2) is 0 Å². The Labute approximate surface area is 119 Å². The summed E-state index contributed by atoms with van der Waals surface area (Å²) in [6, 6.07) is 0. The van der Waals surface area contributed by atoms with Crippen LogP contribution in [0.5, 0.6) is 0 Å². The van der Waals surface area contributed by atoms with Gasteiger partial charge in [0, 0.05) is 12.8 Å². The van der Waals surface area contributed by atoms with E-state index >= 15 is 0 Å². The molecule has 0 atom stereocenters. The summed E-state index contributed by atoms with van der Waals surface area (Å²) in [5.74, 6) is 1.65. The minimum atomic E-state index is 0.827. The van der Waals surface area contributed by atoms with Gasteiger partial charge < -0.3 is 0 Å². The third-order valence-corrected chi connectivity index (χ3v) is 2.79. The van der Waals surface area contributed by atoms with Crippen molar-refractivity contribution in [3.8, 4) is 0 Å². The normalized spacial score (nSPS) is 10.1. The molecule has 0 saturated heterocycles. The molecule has 2 aromatic rings. The monoisotopic (exact) mass is 280 g/mol. The van der Waals surface area contributed by atoms with Crippen molar-refractivity contribution in [2.75, 3.05) is 0 Å². The minimum absolute atomic E-state index is 0.827. The molecule has 0 aliphatic carbocycles. The molecule has 0 spiro atoms. The summed E-state index contributed by atoms with van der Waals surface area (Å²) in [7, 11) is 0. The van der Waals surface area contributed by atoms with Crippen LogP contribution in [0.3, 0.4) is 0 Å². The molecule has 112 valence electrons. The zero-order chi connectivity index (χ0) is 14.5. The molecule has 8 nitrogen and oxygen atoms in total. The van der Waals surface area contributed by atoms with Crippen molar-refractivity contribution < 1.29 is 0 Å². The molecule has 0 amide bonds. The molecule has 0 aromatic carbocycles. The second-order valence-electron chi connectivity index (χ2n) is 4.57. The van der Waals surface area contributed by atoms with Crippen molar-refractivity contribution in [1.29, 1.82) is 0 Å². The van der Waals surface area contributed by atoms with Crippen LogP contribution in [0.2, 0.25) is 0 Å². The van der Waals surface area contributed by atoms with Crippen molar-refractivity contribution in [1.82, 2.24) is 41.2 Å². The fourth-order valence-electron chi connectivity index (χ4n) is 1.64. The molecule has 0 aliphatic rings. The largest absolute Gasteiger partial charge is 0.177 e. The van der Waals surface area contributed by atoms with Crippen molar-refractivity contribution in [3.63, 3.8) is 0 Å². The van der Waals surface area contributed by atoms with Crippen LogP contribution in [0, 0.1) is 0 Å². The molecule has 2 heterocycles. The number of nitrogens with one attached hydrogen (secondary N) is 2. The van der Waals surface area contributed by atoms with Crippen molar-refractivity contribution in [2.24, 2.45) is 0 Å². The van der Waals surface area contributed by atoms with E-state index in [1.54, 1.807) is 0 Å². The minimum Gasteiger partial charge on any atom is -0.177 e. The second kappa shape index (κ2) is 11.0. The molecule has 0 unspecified atom stereocenters.